The molecule has 0 radical (unpaired) electrons. The zero-order valence-corrected chi connectivity index (χ0v) is 19.5. The summed E-state index contributed by atoms with van der Waals surface area (Å²) in [6.45, 7) is 0.497. The number of aryl methyl sites for hydroxylation is 1. The third kappa shape index (κ3) is 4.21. The molecule has 2 N–H and O–H groups in total. The Labute approximate surface area is 192 Å². The van der Waals surface area contributed by atoms with E-state index in [9.17, 15) is 4.79 Å². The number of aromatic nitrogens is 3. The highest BCUT2D eigenvalue weighted by molar-refractivity contribution is 7.19. The lowest BCUT2D eigenvalue weighted by molar-refractivity contribution is -0.122. The third-order valence-electron chi connectivity index (χ3n) is 6.88. The Bertz CT molecular complexity index is 1090. The minimum atomic E-state index is -0.147. The first-order valence-corrected chi connectivity index (χ1v) is 12.3. The number of carbonyl (C=O) groups is 1. The maximum Gasteiger partial charge on any atom is 0.227 e. The van der Waals surface area contributed by atoms with Crippen LogP contribution >= 0.6 is 11.3 Å². The predicted octanol–water partition coefficient (Wildman–Crippen LogP) is 3.72. The number of carbonyl (C=O) groups excluding carboxylic acids is 1. The van der Waals surface area contributed by atoms with E-state index in [0.717, 1.165) is 52.8 Å². The summed E-state index contributed by atoms with van der Waals surface area (Å²) >= 11 is 1.71. The van der Waals surface area contributed by atoms with Gasteiger partial charge in [-0.15, -0.1) is 11.3 Å². The van der Waals surface area contributed by atoms with Crippen LogP contribution in [0.5, 0.6) is 0 Å². The lowest BCUT2D eigenvalue weighted by atomic mass is 9.90. The number of anilines is 1. The van der Waals surface area contributed by atoms with Crippen molar-refractivity contribution in [3.8, 4) is 0 Å². The molecule has 7 nitrogen and oxygen atoms in total. The van der Waals surface area contributed by atoms with Crippen LogP contribution < -0.4 is 10.6 Å². The highest BCUT2D eigenvalue weighted by Crippen LogP contribution is 2.45. The number of nitrogens with one attached hydrogen (secondary N) is 2. The highest BCUT2D eigenvalue weighted by Gasteiger charge is 2.34. The van der Waals surface area contributed by atoms with Gasteiger partial charge >= 0.3 is 0 Å². The molecule has 1 saturated carbocycles. The minimum absolute atomic E-state index is 0.0774. The number of rotatable bonds is 6. The van der Waals surface area contributed by atoms with Gasteiger partial charge in [0.2, 0.25) is 5.91 Å². The molecule has 5 rings (SSSR count). The van der Waals surface area contributed by atoms with Crippen molar-refractivity contribution in [2.24, 2.45) is 0 Å². The zero-order valence-electron chi connectivity index (χ0n) is 18.7. The fourth-order valence-corrected chi connectivity index (χ4v) is 6.31. The van der Waals surface area contributed by atoms with Gasteiger partial charge < -0.3 is 15.5 Å². The molecular formula is C24H30N6OS. The molecule has 0 aromatic carbocycles. The maximum atomic E-state index is 13.1. The van der Waals surface area contributed by atoms with Crippen LogP contribution in [-0.2, 0) is 17.8 Å². The van der Waals surface area contributed by atoms with E-state index in [-0.39, 0.29) is 11.8 Å². The summed E-state index contributed by atoms with van der Waals surface area (Å²) in [5, 5.41) is 7.88. The lowest BCUT2D eigenvalue weighted by Crippen LogP contribution is -2.36. The second-order valence-corrected chi connectivity index (χ2v) is 10.2. The number of fused-ring (bicyclic) bond motifs is 3. The molecule has 168 valence electrons. The number of nitrogens with zero attached hydrogens (tertiary/aromatic N) is 4. The fourth-order valence-electron chi connectivity index (χ4n) is 5.09. The second kappa shape index (κ2) is 9.11. The van der Waals surface area contributed by atoms with Crippen molar-refractivity contribution < 1.29 is 4.79 Å². The number of hydrogen-bond acceptors (Lipinski definition) is 7. The van der Waals surface area contributed by atoms with Crippen molar-refractivity contribution >= 4 is 33.3 Å². The molecule has 8 heteroatoms. The van der Waals surface area contributed by atoms with Gasteiger partial charge in [0, 0.05) is 35.9 Å². The highest BCUT2D eigenvalue weighted by atomic mass is 32.1. The number of pyridine rings is 1. The Morgan fingerprint density at radius 1 is 1.19 bits per heavy atom. The summed E-state index contributed by atoms with van der Waals surface area (Å²) in [6, 6.07) is 4.95. The topological polar surface area (TPSA) is 83.0 Å². The lowest BCUT2D eigenvalue weighted by Gasteiger charge is -2.33. The van der Waals surface area contributed by atoms with Crippen molar-refractivity contribution in [2.75, 3.05) is 19.4 Å². The number of amides is 1. The van der Waals surface area contributed by atoms with Crippen molar-refractivity contribution in [3.63, 3.8) is 0 Å². The van der Waals surface area contributed by atoms with Crippen LogP contribution in [0.2, 0.25) is 0 Å². The Kier molecular flexibility index (Phi) is 6.06. The van der Waals surface area contributed by atoms with E-state index in [1.807, 2.05) is 12.1 Å². The largest absolute Gasteiger partial charge is 0.367 e. The van der Waals surface area contributed by atoms with Crippen molar-refractivity contribution in [1.82, 2.24) is 25.2 Å². The fraction of sp³-hybridized carbons (Fsp3) is 0.500. The van der Waals surface area contributed by atoms with Crippen LogP contribution in [0.15, 0.2) is 30.9 Å². The Hall–Kier alpha value is -2.58. The zero-order chi connectivity index (χ0) is 22.1. The minimum Gasteiger partial charge on any atom is -0.367 e. The molecule has 3 aromatic heterocycles. The van der Waals surface area contributed by atoms with E-state index in [0.29, 0.717) is 18.6 Å². The van der Waals surface area contributed by atoms with Gasteiger partial charge in [0.1, 0.15) is 17.0 Å². The van der Waals surface area contributed by atoms with Gasteiger partial charge in [-0.1, -0.05) is 6.07 Å². The number of thiophene rings is 1. The maximum absolute atomic E-state index is 13.1. The Balaban J connectivity index is 1.35. The van der Waals surface area contributed by atoms with Crippen LogP contribution in [0, 0.1) is 0 Å². The van der Waals surface area contributed by atoms with E-state index in [1.54, 1.807) is 30.1 Å². The van der Waals surface area contributed by atoms with Gasteiger partial charge in [-0.3, -0.25) is 9.78 Å². The summed E-state index contributed by atoms with van der Waals surface area (Å²) in [7, 11) is 4.33. The molecule has 0 spiro atoms. The smallest absolute Gasteiger partial charge is 0.227 e. The molecule has 3 aromatic rings. The van der Waals surface area contributed by atoms with Crippen LogP contribution in [-0.4, -0.2) is 51.9 Å². The molecule has 0 aliphatic heterocycles. The normalized spacial score (nSPS) is 22.8. The first-order chi connectivity index (χ1) is 15.6. The quantitative estimate of drug-likeness (QED) is 0.596. The van der Waals surface area contributed by atoms with Crippen molar-refractivity contribution in [1.29, 1.82) is 0 Å². The van der Waals surface area contributed by atoms with E-state index < -0.39 is 0 Å². The monoisotopic (exact) mass is 450 g/mol. The van der Waals surface area contributed by atoms with E-state index in [4.69, 9.17) is 0 Å². The summed E-state index contributed by atoms with van der Waals surface area (Å²) < 4.78 is 0. The van der Waals surface area contributed by atoms with Crippen LogP contribution in [0.3, 0.4) is 0 Å². The van der Waals surface area contributed by atoms with Gasteiger partial charge in [-0.25, -0.2) is 9.97 Å². The van der Waals surface area contributed by atoms with Crippen molar-refractivity contribution in [2.45, 2.75) is 63.1 Å². The van der Waals surface area contributed by atoms with E-state index >= 15 is 0 Å². The molecule has 0 saturated heterocycles. The SMILES string of the molecule is CN(C)[C@H]1CC[C@H](Nc2ncnc3sc4c(c23)C(C(=O)NCc2cccnc2)CC4)CC1. The van der Waals surface area contributed by atoms with Crippen LogP contribution in [0.4, 0.5) is 5.82 Å². The standard InChI is InChI=1S/C24H30N6OS/c1-30(2)17-7-5-16(6-8-17)29-22-21-20-18(9-10-19(20)32-24(21)28-14-27-22)23(31)26-13-15-4-3-11-25-12-15/h3-4,11-12,14,16-18H,5-10,13H2,1-2H3,(H,26,31)(H,27,28,29)/t16-,17-,18?. The summed E-state index contributed by atoms with van der Waals surface area (Å²) in [6.07, 6.45) is 11.6. The average Bonchev–Trinajstić information content (AvgIpc) is 3.38. The van der Waals surface area contributed by atoms with E-state index in [1.165, 1.54) is 17.7 Å². The first-order valence-electron chi connectivity index (χ1n) is 11.5. The summed E-state index contributed by atoms with van der Waals surface area (Å²) in [4.78, 5) is 31.0. The second-order valence-electron chi connectivity index (χ2n) is 9.13. The van der Waals surface area contributed by atoms with Gasteiger partial charge in [0.15, 0.2) is 0 Å². The van der Waals surface area contributed by atoms with Gasteiger partial charge in [-0.2, -0.15) is 0 Å². The average molecular weight is 451 g/mol. The van der Waals surface area contributed by atoms with Crippen LogP contribution in [0.25, 0.3) is 10.2 Å². The third-order valence-corrected chi connectivity index (χ3v) is 8.06. The van der Waals surface area contributed by atoms with Crippen molar-refractivity contribution in [3.05, 3.63) is 46.9 Å². The Morgan fingerprint density at radius 2 is 2.03 bits per heavy atom. The molecule has 1 fully saturated rings. The molecule has 2 aliphatic carbocycles. The van der Waals surface area contributed by atoms with E-state index in [2.05, 4.69) is 44.6 Å². The Morgan fingerprint density at radius 3 is 2.78 bits per heavy atom. The molecule has 0 bridgehead atoms. The summed E-state index contributed by atoms with van der Waals surface area (Å²) in [5.74, 6) is 0.827. The predicted molar refractivity (Wildman–Crippen MR) is 128 cm³/mol. The summed E-state index contributed by atoms with van der Waals surface area (Å²) in [5.41, 5.74) is 2.15. The molecule has 1 amide bonds. The molecule has 1 atom stereocenters. The molecule has 2 aliphatic rings. The first kappa shape index (κ1) is 21.3. The molecule has 32 heavy (non-hydrogen) atoms. The molecular weight excluding hydrogens is 420 g/mol. The number of hydrogen-bond donors (Lipinski definition) is 2. The molecule has 3 heterocycles. The van der Waals surface area contributed by atoms with Crippen LogP contribution in [0.1, 0.15) is 54.0 Å². The van der Waals surface area contributed by atoms with Gasteiger partial charge in [0.05, 0.1) is 11.3 Å². The van der Waals surface area contributed by atoms with Gasteiger partial charge in [0.25, 0.3) is 0 Å². The van der Waals surface area contributed by atoms with Gasteiger partial charge in [-0.05, 0) is 69.8 Å². The molecule has 1 unspecified atom stereocenters.